The van der Waals surface area contributed by atoms with Crippen molar-refractivity contribution in [3.05, 3.63) is 0 Å². The summed E-state index contributed by atoms with van der Waals surface area (Å²) in [6, 6.07) is 2.40. The van der Waals surface area contributed by atoms with Gasteiger partial charge in [0.05, 0.1) is 18.0 Å². The van der Waals surface area contributed by atoms with Gasteiger partial charge in [0.25, 0.3) is 0 Å². The average Bonchev–Trinajstić information content (AvgIpc) is 2.15. The Morgan fingerprint density at radius 1 is 1.54 bits per heavy atom. The molecule has 1 fully saturated rings. The molecule has 0 radical (unpaired) electrons. The zero-order valence-corrected chi connectivity index (χ0v) is 8.43. The van der Waals surface area contributed by atoms with E-state index in [0.29, 0.717) is 0 Å². The second-order valence-corrected chi connectivity index (χ2v) is 3.91. The third-order valence-electron chi connectivity index (χ3n) is 2.52. The first-order valence-corrected chi connectivity index (χ1v) is 4.73. The molecule has 0 amide bonds. The van der Waals surface area contributed by atoms with Gasteiger partial charge >= 0.3 is 0 Å². The van der Waals surface area contributed by atoms with Gasteiger partial charge in [0.1, 0.15) is 0 Å². The fourth-order valence-corrected chi connectivity index (χ4v) is 1.76. The van der Waals surface area contributed by atoms with E-state index in [2.05, 4.69) is 22.8 Å². The summed E-state index contributed by atoms with van der Waals surface area (Å²) in [7, 11) is 0. The summed E-state index contributed by atoms with van der Waals surface area (Å²) in [6.45, 7) is 6.67. The lowest BCUT2D eigenvalue weighted by Crippen LogP contribution is -2.40. The first-order valence-electron chi connectivity index (χ1n) is 4.73. The predicted molar refractivity (Wildman–Crippen MR) is 52.8 cm³/mol. The molecule has 1 aliphatic rings. The summed E-state index contributed by atoms with van der Waals surface area (Å²) >= 11 is 0. The Bertz CT molecular complexity index is 266. The Hall–Kier alpha value is -0.990. The van der Waals surface area contributed by atoms with E-state index in [0.717, 1.165) is 32.5 Å². The highest BCUT2D eigenvalue weighted by atomic mass is 15.1. The Morgan fingerprint density at radius 2 is 2.31 bits per heavy atom. The van der Waals surface area contributed by atoms with Gasteiger partial charge in [-0.05, 0) is 33.2 Å². The number of hydrogen-bond donors (Lipinski definition) is 0. The van der Waals surface area contributed by atoms with Crippen LogP contribution in [-0.2, 0) is 0 Å². The number of rotatable bonds is 1. The van der Waals surface area contributed by atoms with E-state index in [-0.39, 0.29) is 5.41 Å². The SMILES string of the molecule is CC#CCN1CCCC(C)(C#N)C1. The monoisotopic (exact) mass is 176 g/mol. The Balaban J connectivity index is 2.51. The molecule has 1 atom stereocenters. The van der Waals surface area contributed by atoms with E-state index < -0.39 is 0 Å². The van der Waals surface area contributed by atoms with Gasteiger partial charge in [0, 0.05) is 6.54 Å². The second-order valence-electron chi connectivity index (χ2n) is 3.91. The number of likely N-dealkylation sites (tertiary alicyclic amines) is 1. The van der Waals surface area contributed by atoms with Gasteiger partial charge in [-0.15, -0.1) is 5.92 Å². The molecule has 0 aliphatic carbocycles. The zero-order chi connectivity index (χ0) is 9.73. The molecule has 1 aliphatic heterocycles. The van der Waals surface area contributed by atoms with E-state index >= 15 is 0 Å². The molecule has 13 heavy (non-hydrogen) atoms. The van der Waals surface area contributed by atoms with Gasteiger partial charge in [0.15, 0.2) is 0 Å². The standard InChI is InChI=1S/C11H16N2/c1-3-4-7-13-8-5-6-11(2,9-12)10-13/h5-8,10H2,1-2H3. The molecule has 2 nitrogen and oxygen atoms in total. The van der Waals surface area contributed by atoms with Crippen molar-refractivity contribution in [2.24, 2.45) is 5.41 Å². The van der Waals surface area contributed by atoms with E-state index in [9.17, 15) is 0 Å². The lowest BCUT2D eigenvalue weighted by molar-refractivity contribution is 0.159. The molecule has 0 aromatic heterocycles. The van der Waals surface area contributed by atoms with Crippen LogP contribution in [0, 0.1) is 28.6 Å². The highest BCUT2D eigenvalue weighted by Gasteiger charge is 2.30. The molecule has 70 valence electrons. The molecule has 0 aromatic rings. The summed E-state index contributed by atoms with van der Waals surface area (Å²) in [5.41, 5.74) is -0.145. The Morgan fingerprint density at radius 3 is 2.92 bits per heavy atom. The maximum atomic E-state index is 8.98. The van der Waals surface area contributed by atoms with Crippen LogP contribution in [0.15, 0.2) is 0 Å². The van der Waals surface area contributed by atoms with Crippen molar-refractivity contribution in [3.63, 3.8) is 0 Å². The maximum Gasteiger partial charge on any atom is 0.0700 e. The zero-order valence-electron chi connectivity index (χ0n) is 8.43. The van der Waals surface area contributed by atoms with Crippen LogP contribution in [-0.4, -0.2) is 24.5 Å². The van der Waals surface area contributed by atoms with Gasteiger partial charge in [-0.1, -0.05) is 5.92 Å². The second kappa shape index (κ2) is 4.30. The van der Waals surface area contributed by atoms with Crippen LogP contribution in [0.1, 0.15) is 26.7 Å². The average molecular weight is 176 g/mol. The lowest BCUT2D eigenvalue weighted by atomic mass is 9.83. The van der Waals surface area contributed by atoms with Crippen LogP contribution in [0.3, 0.4) is 0 Å². The molecule has 1 rings (SSSR count). The van der Waals surface area contributed by atoms with Crippen LogP contribution >= 0.6 is 0 Å². The highest BCUT2D eigenvalue weighted by molar-refractivity contribution is 5.03. The fraction of sp³-hybridized carbons (Fsp3) is 0.727. The lowest BCUT2D eigenvalue weighted by Gasteiger charge is -2.34. The summed E-state index contributed by atoms with van der Waals surface area (Å²) in [4.78, 5) is 2.27. The smallest absolute Gasteiger partial charge is 0.0700 e. The van der Waals surface area contributed by atoms with Crippen molar-refractivity contribution in [1.29, 1.82) is 5.26 Å². The number of hydrogen-bond acceptors (Lipinski definition) is 2. The maximum absolute atomic E-state index is 8.98. The molecule has 1 unspecified atom stereocenters. The largest absolute Gasteiger partial charge is 0.291 e. The van der Waals surface area contributed by atoms with Crippen LogP contribution in [0.25, 0.3) is 0 Å². The van der Waals surface area contributed by atoms with Crippen molar-refractivity contribution in [2.75, 3.05) is 19.6 Å². The third kappa shape index (κ3) is 2.76. The van der Waals surface area contributed by atoms with Crippen molar-refractivity contribution >= 4 is 0 Å². The molecule has 0 saturated carbocycles. The molecular formula is C11H16N2. The Labute approximate surface area is 80.5 Å². The summed E-state index contributed by atoms with van der Waals surface area (Å²) in [6.07, 6.45) is 2.15. The minimum absolute atomic E-state index is 0.145. The van der Waals surface area contributed by atoms with Crippen LogP contribution in [0.2, 0.25) is 0 Å². The summed E-state index contributed by atoms with van der Waals surface area (Å²) in [5, 5.41) is 8.98. The normalized spacial score (nSPS) is 28.7. The minimum atomic E-state index is -0.145. The first kappa shape index (κ1) is 10.1. The van der Waals surface area contributed by atoms with E-state index in [1.54, 1.807) is 0 Å². The summed E-state index contributed by atoms with van der Waals surface area (Å²) in [5.74, 6) is 5.93. The molecule has 0 aromatic carbocycles. The Kier molecular flexibility index (Phi) is 3.34. The van der Waals surface area contributed by atoms with Gasteiger partial charge in [-0.2, -0.15) is 5.26 Å². The van der Waals surface area contributed by atoms with Crippen molar-refractivity contribution < 1.29 is 0 Å². The van der Waals surface area contributed by atoms with E-state index in [1.165, 1.54) is 0 Å². The van der Waals surface area contributed by atoms with Gasteiger partial charge in [0.2, 0.25) is 0 Å². The van der Waals surface area contributed by atoms with E-state index in [4.69, 9.17) is 5.26 Å². The number of nitrogens with zero attached hydrogens (tertiary/aromatic N) is 2. The van der Waals surface area contributed by atoms with Gasteiger partial charge in [-0.25, -0.2) is 0 Å². The summed E-state index contributed by atoms with van der Waals surface area (Å²) < 4.78 is 0. The van der Waals surface area contributed by atoms with Gasteiger partial charge in [-0.3, -0.25) is 4.90 Å². The number of nitriles is 1. The quantitative estimate of drug-likeness (QED) is 0.568. The van der Waals surface area contributed by atoms with Crippen LogP contribution < -0.4 is 0 Å². The van der Waals surface area contributed by atoms with Gasteiger partial charge < -0.3 is 0 Å². The molecule has 0 bridgehead atoms. The van der Waals surface area contributed by atoms with Crippen molar-refractivity contribution in [3.8, 4) is 17.9 Å². The molecule has 0 N–H and O–H groups in total. The molecule has 0 spiro atoms. The first-order chi connectivity index (χ1) is 6.20. The highest BCUT2D eigenvalue weighted by Crippen LogP contribution is 2.27. The minimum Gasteiger partial charge on any atom is -0.291 e. The third-order valence-corrected chi connectivity index (χ3v) is 2.52. The fourth-order valence-electron chi connectivity index (χ4n) is 1.76. The van der Waals surface area contributed by atoms with Crippen LogP contribution in [0.4, 0.5) is 0 Å². The van der Waals surface area contributed by atoms with Crippen LogP contribution in [0.5, 0.6) is 0 Å². The molecule has 1 heterocycles. The predicted octanol–water partition coefficient (Wildman–Crippen LogP) is 1.64. The molecule has 2 heteroatoms. The molecular weight excluding hydrogens is 160 g/mol. The van der Waals surface area contributed by atoms with E-state index in [1.807, 2.05) is 13.8 Å². The number of piperidine rings is 1. The molecule has 1 saturated heterocycles. The topological polar surface area (TPSA) is 27.0 Å². The van der Waals surface area contributed by atoms with Crippen molar-refractivity contribution in [2.45, 2.75) is 26.7 Å². The van der Waals surface area contributed by atoms with Crippen molar-refractivity contribution in [1.82, 2.24) is 4.90 Å².